The second-order valence-corrected chi connectivity index (χ2v) is 6.60. The number of hydrogen-bond acceptors (Lipinski definition) is 5. The number of carbonyl (C=O) groups is 4. The zero-order valence-electron chi connectivity index (χ0n) is 15.8. The summed E-state index contributed by atoms with van der Waals surface area (Å²) in [6.45, 7) is 0. The van der Waals surface area contributed by atoms with Crippen molar-refractivity contribution in [1.29, 1.82) is 0 Å². The Labute approximate surface area is 167 Å². The molecule has 8 nitrogen and oxygen atoms in total. The highest BCUT2D eigenvalue weighted by molar-refractivity contribution is 6.10. The van der Waals surface area contributed by atoms with Gasteiger partial charge in [-0.25, -0.2) is 4.79 Å². The number of esters is 1. The van der Waals surface area contributed by atoms with E-state index in [4.69, 9.17) is 4.74 Å². The Morgan fingerprint density at radius 2 is 1.76 bits per heavy atom. The Kier molecular flexibility index (Phi) is 6.23. The minimum Gasteiger partial charge on any atom is -0.467 e. The van der Waals surface area contributed by atoms with Gasteiger partial charge in [-0.1, -0.05) is 42.5 Å². The number of carbonyl (C=O) groups excluding carboxylic acids is 4. The molecule has 3 rings (SSSR count). The Balaban J connectivity index is 1.67. The standard InChI is InChI=1S/C21H21N3O5/c1-29-21(28)17(11-13-7-3-2-4-8-13)22-18(25)12-16-20(27)23-15-10-6-5-9-14(15)19(26)24-16/h2-10,16-17H,11-12H2,1H3,(H,22,25)(H,23,27)(H,24,26)/t16-,17+/m0/s1. The lowest BCUT2D eigenvalue weighted by Crippen LogP contribution is -2.48. The van der Waals surface area contributed by atoms with Gasteiger partial charge < -0.3 is 20.7 Å². The fraction of sp³-hybridized carbons (Fsp3) is 0.238. The molecule has 1 aliphatic rings. The fourth-order valence-electron chi connectivity index (χ4n) is 3.08. The number of hydrogen-bond donors (Lipinski definition) is 3. The monoisotopic (exact) mass is 395 g/mol. The zero-order chi connectivity index (χ0) is 20.8. The van der Waals surface area contributed by atoms with Gasteiger partial charge in [0.1, 0.15) is 12.1 Å². The van der Waals surface area contributed by atoms with Crippen LogP contribution in [0.5, 0.6) is 0 Å². The van der Waals surface area contributed by atoms with Crippen LogP contribution in [0.2, 0.25) is 0 Å². The van der Waals surface area contributed by atoms with Crippen molar-refractivity contribution >= 4 is 29.4 Å². The Morgan fingerprint density at radius 3 is 2.48 bits per heavy atom. The third-order valence-corrected chi connectivity index (χ3v) is 4.54. The quantitative estimate of drug-likeness (QED) is 0.632. The molecule has 29 heavy (non-hydrogen) atoms. The molecule has 3 N–H and O–H groups in total. The predicted molar refractivity (Wildman–Crippen MR) is 105 cm³/mol. The largest absolute Gasteiger partial charge is 0.467 e. The van der Waals surface area contributed by atoms with Crippen LogP contribution in [-0.2, 0) is 25.5 Å². The smallest absolute Gasteiger partial charge is 0.328 e. The third-order valence-electron chi connectivity index (χ3n) is 4.54. The Morgan fingerprint density at radius 1 is 1.07 bits per heavy atom. The molecule has 1 heterocycles. The molecule has 8 heteroatoms. The normalized spacial score (nSPS) is 16.5. The molecule has 2 aromatic rings. The van der Waals surface area contributed by atoms with Crippen molar-refractivity contribution in [1.82, 2.24) is 10.6 Å². The van der Waals surface area contributed by atoms with Crippen LogP contribution in [0.25, 0.3) is 0 Å². The van der Waals surface area contributed by atoms with Crippen LogP contribution in [0.3, 0.4) is 0 Å². The molecule has 0 spiro atoms. The minimum absolute atomic E-state index is 0.244. The summed E-state index contributed by atoms with van der Waals surface area (Å²) in [7, 11) is 1.24. The highest BCUT2D eigenvalue weighted by Crippen LogP contribution is 2.18. The topological polar surface area (TPSA) is 114 Å². The molecule has 1 aliphatic heterocycles. The first kappa shape index (κ1) is 20.1. The van der Waals surface area contributed by atoms with Crippen molar-refractivity contribution in [2.45, 2.75) is 24.9 Å². The summed E-state index contributed by atoms with van der Waals surface area (Å²) in [4.78, 5) is 49.4. The molecular weight excluding hydrogens is 374 g/mol. The number of benzene rings is 2. The number of fused-ring (bicyclic) bond motifs is 1. The lowest BCUT2D eigenvalue weighted by atomic mass is 10.1. The summed E-state index contributed by atoms with van der Waals surface area (Å²) in [5, 5.41) is 7.79. The molecule has 0 fully saturated rings. The molecule has 2 aromatic carbocycles. The number of rotatable bonds is 6. The average Bonchev–Trinajstić information content (AvgIpc) is 2.84. The summed E-state index contributed by atoms with van der Waals surface area (Å²) in [5.41, 5.74) is 1.55. The van der Waals surface area contributed by atoms with E-state index in [9.17, 15) is 19.2 Å². The van der Waals surface area contributed by atoms with E-state index in [1.165, 1.54) is 7.11 Å². The molecule has 3 amide bonds. The Hall–Kier alpha value is -3.68. The number of anilines is 1. The van der Waals surface area contributed by atoms with E-state index >= 15 is 0 Å². The average molecular weight is 395 g/mol. The van der Waals surface area contributed by atoms with Crippen LogP contribution in [0.1, 0.15) is 22.3 Å². The van der Waals surface area contributed by atoms with Crippen LogP contribution in [0.15, 0.2) is 54.6 Å². The summed E-state index contributed by atoms with van der Waals surface area (Å²) in [6.07, 6.45) is -0.0677. The van der Waals surface area contributed by atoms with Crippen molar-refractivity contribution in [3.8, 4) is 0 Å². The highest BCUT2D eigenvalue weighted by atomic mass is 16.5. The number of para-hydroxylation sites is 1. The lowest BCUT2D eigenvalue weighted by Gasteiger charge is -2.19. The molecule has 0 aliphatic carbocycles. The second kappa shape index (κ2) is 9.01. The first-order valence-electron chi connectivity index (χ1n) is 9.10. The van der Waals surface area contributed by atoms with Gasteiger partial charge in [0, 0.05) is 6.42 Å². The van der Waals surface area contributed by atoms with Gasteiger partial charge in [0.15, 0.2) is 0 Å². The van der Waals surface area contributed by atoms with Gasteiger partial charge in [-0.2, -0.15) is 0 Å². The highest BCUT2D eigenvalue weighted by Gasteiger charge is 2.31. The molecule has 0 radical (unpaired) electrons. The van der Waals surface area contributed by atoms with Gasteiger partial charge in [0.25, 0.3) is 5.91 Å². The summed E-state index contributed by atoms with van der Waals surface area (Å²) in [5.74, 6) is -2.10. The van der Waals surface area contributed by atoms with E-state index in [1.54, 1.807) is 24.3 Å². The van der Waals surface area contributed by atoms with Gasteiger partial charge in [-0.3, -0.25) is 14.4 Å². The molecule has 0 bridgehead atoms. The molecular formula is C21H21N3O5. The van der Waals surface area contributed by atoms with Crippen molar-refractivity contribution in [2.75, 3.05) is 12.4 Å². The van der Waals surface area contributed by atoms with E-state index in [1.807, 2.05) is 30.3 Å². The van der Waals surface area contributed by atoms with Gasteiger partial charge >= 0.3 is 5.97 Å². The van der Waals surface area contributed by atoms with Crippen LogP contribution in [-0.4, -0.2) is 42.9 Å². The van der Waals surface area contributed by atoms with Gasteiger partial charge in [0.2, 0.25) is 11.8 Å². The van der Waals surface area contributed by atoms with Crippen molar-refractivity contribution < 1.29 is 23.9 Å². The van der Waals surface area contributed by atoms with Crippen LogP contribution >= 0.6 is 0 Å². The van der Waals surface area contributed by atoms with E-state index < -0.39 is 35.8 Å². The van der Waals surface area contributed by atoms with E-state index in [0.29, 0.717) is 11.3 Å². The molecule has 2 atom stereocenters. The molecule has 150 valence electrons. The second-order valence-electron chi connectivity index (χ2n) is 6.60. The summed E-state index contributed by atoms with van der Waals surface area (Å²) in [6, 6.07) is 13.8. The summed E-state index contributed by atoms with van der Waals surface area (Å²) < 4.78 is 4.77. The number of methoxy groups -OCH3 is 1. The zero-order valence-corrected chi connectivity index (χ0v) is 15.8. The number of ether oxygens (including phenoxy) is 1. The number of amides is 3. The fourth-order valence-corrected chi connectivity index (χ4v) is 3.08. The van der Waals surface area contributed by atoms with E-state index in [-0.39, 0.29) is 12.8 Å². The molecule has 0 saturated carbocycles. The van der Waals surface area contributed by atoms with E-state index in [0.717, 1.165) is 5.56 Å². The van der Waals surface area contributed by atoms with E-state index in [2.05, 4.69) is 16.0 Å². The van der Waals surface area contributed by atoms with Crippen LogP contribution in [0.4, 0.5) is 5.69 Å². The molecule has 0 saturated heterocycles. The van der Waals surface area contributed by atoms with Crippen molar-refractivity contribution in [2.24, 2.45) is 0 Å². The van der Waals surface area contributed by atoms with Crippen LogP contribution in [0, 0.1) is 0 Å². The SMILES string of the molecule is COC(=O)[C@@H](Cc1ccccc1)NC(=O)C[C@@H]1NC(=O)c2ccccc2NC1=O. The maximum Gasteiger partial charge on any atom is 0.328 e. The summed E-state index contributed by atoms with van der Waals surface area (Å²) >= 11 is 0. The maximum atomic E-state index is 12.5. The van der Waals surface area contributed by atoms with Crippen molar-refractivity contribution in [3.63, 3.8) is 0 Å². The van der Waals surface area contributed by atoms with Crippen molar-refractivity contribution in [3.05, 3.63) is 65.7 Å². The third kappa shape index (κ3) is 4.98. The predicted octanol–water partition coefficient (Wildman–Crippen LogP) is 1.03. The van der Waals surface area contributed by atoms with Gasteiger partial charge in [0.05, 0.1) is 24.8 Å². The molecule has 0 unspecified atom stereocenters. The van der Waals surface area contributed by atoms with Gasteiger partial charge in [-0.05, 0) is 17.7 Å². The van der Waals surface area contributed by atoms with Gasteiger partial charge in [-0.15, -0.1) is 0 Å². The maximum absolute atomic E-state index is 12.5. The first-order chi connectivity index (χ1) is 14.0. The minimum atomic E-state index is -1.06. The number of nitrogens with one attached hydrogen (secondary N) is 3. The first-order valence-corrected chi connectivity index (χ1v) is 9.10. The lowest BCUT2D eigenvalue weighted by molar-refractivity contribution is -0.145. The Bertz CT molecular complexity index is 929. The molecule has 0 aromatic heterocycles. The van der Waals surface area contributed by atoms with Crippen LogP contribution < -0.4 is 16.0 Å².